The number of hydrogen-bond acceptors (Lipinski definition) is 4. The van der Waals surface area contributed by atoms with Crippen LogP contribution in [0.25, 0.3) is 10.9 Å². The number of morpholine rings is 1. The molecular weight excluding hydrogens is 344 g/mol. The second-order valence-electron chi connectivity index (χ2n) is 6.76. The molecule has 7 heteroatoms. The van der Waals surface area contributed by atoms with Crippen molar-refractivity contribution < 1.29 is 14.3 Å². The summed E-state index contributed by atoms with van der Waals surface area (Å²) in [7, 11) is 0. The standard InChI is InChI=1S/C20H28N4O3/c1-3-23(4-2)20(26)13-24-9-7-15-11-16(5-6-18(15)24)22-19(25)12-17-14-27-10-8-21-17/h5-7,9,11,17,21H,3-4,8,10,12-14H2,1-2H3,(H,22,25). The highest BCUT2D eigenvalue weighted by Gasteiger charge is 2.17. The van der Waals surface area contributed by atoms with Crippen molar-refractivity contribution in [1.82, 2.24) is 14.8 Å². The molecule has 3 rings (SSSR count). The van der Waals surface area contributed by atoms with Crippen molar-refractivity contribution in [3.8, 4) is 0 Å². The van der Waals surface area contributed by atoms with Gasteiger partial charge in [0, 0.05) is 54.9 Å². The van der Waals surface area contributed by atoms with Crippen molar-refractivity contribution in [1.29, 1.82) is 0 Å². The van der Waals surface area contributed by atoms with E-state index in [0.717, 1.165) is 23.1 Å². The number of aromatic nitrogens is 1. The normalized spacial score (nSPS) is 17.0. The highest BCUT2D eigenvalue weighted by molar-refractivity contribution is 5.94. The molecule has 2 N–H and O–H groups in total. The lowest BCUT2D eigenvalue weighted by atomic mass is 10.1. The fourth-order valence-corrected chi connectivity index (χ4v) is 3.42. The van der Waals surface area contributed by atoms with Crippen LogP contribution in [0.2, 0.25) is 0 Å². The van der Waals surface area contributed by atoms with Gasteiger partial charge in [-0.15, -0.1) is 0 Å². The zero-order valence-electron chi connectivity index (χ0n) is 16.0. The first-order valence-electron chi connectivity index (χ1n) is 9.58. The van der Waals surface area contributed by atoms with Gasteiger partial charge in [0.05, 0.1) is 13.2 Å². The molecule has 2 aromatic rings. The lowest BCUT2D eigenvalue weighted by Gasteiger charge is -2.23. The number of hydrogen-bond donors (Lipinski definition) is 2. The molecule has 1 aromatic carbocycles. The van der Waals surface area contributed by atoms with E-state index in [1.807, 2.05) is 53.8 Å². The lowest BCUT2D eigenvalue weighted by Crippen LogP contribution is -2.43. The third kappa shape index (κ3) is 4.87. The minimum Gasteiger partial charge on any atom is -0.378 e. The van der Waals surface area contributed by atoms with Gasteiger partial charge >= 0.3 is 0 Å². The Balaban J connectivity index is 1.64. The summed E-state index contributed by atoms with van der Waals surface area (Å²) in [6.45, 7) is 7.77. The van der Waals surface area contributed by atoms with Gasteiger partial charge in [0.15, 0.2) is 0 Å². The van der Waals surface area contributed by atoms with Crippen molar-refractivity contribution >= 4 is 28.4 Å². The molecule has 1 saturated heterocycles. The van der Waals surface area contributed by atoms with E-state index in [-0.39, 0.29) is 17.9 Å². The third-order valence-corrected chi connectivity index (χ3v) is 4.91. The molecule has 1 aromatic heterocycles. The van der Waals surface area contributed by atoms with Gasteiger partial charge in [0.1, 0.15) is 6.54 Å². The molecular formula is C20H28N4O3. The second kappa shape index (κ2) is 9.01. The minimum absolute atomic E-state index is 0.0338. The van der Waals surface area contributed by atoms with E-state index in [2.05, 4.69) is 10.6 Å². The maximum Gasteiger partial charge on any atom is 0.242 e. The maximum absolute atomic E-state index is 12.3. The lowest BCUT2D eigenvalue weighted by molar-refractivity contribution is -0.131. The number of nitrogens with zero attached hydrogens (tertiary/aromatic N) is 2. The number of ether oxygens (including phenoxy) is 1. The Morgan fingerprint density at radius 2 is 2.11 bits per heavy atom. The molecule has 0 saturated carbocycles. The number of anilines is 1. The summed E-state index contributed by atoms with van der Waals surface area (Å²) in [5, 5.41) is 7.23. The molecule has 0 aliphatic carbocycles. The average molecular weight is 372 g/mol. The molecule has 1 atom stereocenters. The summed E-state index contributed by atoms with van der Waals surface area (Å²) in [4.78, 5) is 26.4. The number of benzene rings is 1. The molecule has 7 nitrogen and oxygen atoms in total. The Bertz CT molecular complexity index is 792. The largest absolute Gasteiger partial charge is 0.378 e. The summed E-state index contributed by atoms with van der Waals surface area (Å²) in [5.41, 5.74) is 1.74. The quantitative estimate of drug-likeness (QED) is 0.778. The first kappa shape index (κ1) is 19.4. The topological polar surface area (TPSA) is 75.6 Å². The predicted octanol–water partition coefficient (Wildman–Crippen LogP) is 1.83. The highest BCUT2D eigenvalue weighted by Crippen LogP contribution is 2.21. The number of nitrogens with one attached hydrogen (secondary N) is 2. The highest BCUT2D eigenvalue weighted by atomic mass is 16.5. The van der Waals surface area contributed by atoms with Gasteiger partial charge in [0.25, 0.3) is 0 Å². The second-order valence-corrected chi connectivity index (χ2v) is 6.76. The van der Waals surface area contributed by atoms with Crippen molar-refractivity contribution in [2.24, 2.45) is 0 Å². The molecule has 1 unspecified atom stereocenters. The predicted molar refractivity (Wildman–Crippen MR) is 106 cm³/mol. The van der Waals surface area contributed by atoms with Crippen molar-refractivity contribution in [2.45, 2.75) is 32.9 Å². The van der Waals surface area contributed by atoms with Crippen molar-refractivity contribution in [3.05, 3.63) is 30.5 Å². The number of amides is 2. The fraction of sp³-hybridized carbons (Fsp3) is 0.500. The Morgan fingerprint density at radius 1 is 1.30 bits per heavy atom. The monoisotopic (exact) mass is 372 g/mol. The molecule has 1 fully saturated rings. The SMILES string of the molecule is CCN(CC)C(=O)Cn1ccc2cc(NC(=O)CC3COCCN3)ccc21. The number of fused-ring (bicyclic) bond motifs is 1. The van der Waals surface area contributed by atoms with Crippen LogP contribution in [0.5, 0.6) is 0 Å². The van der Waals surface area contributed by atoms with Gasteiger partial charge in [-0.25, -0.2) is 0 Å². The van der Waals surface area contributed by atoms with Gasteiger partial charge < -0.3 is 24.8 Å². The number of rotatable bonds is 7. The van der Waals surface area contributed by atoms with Crippen LogP contribution in [0.15, 0.2) is 30.5 Å². The van der Waals surface area contributed by atoms with Crippen LogP contribution in [0.1, 0.15) is 20.3 Å². The summed E-state index contributed by atoms with van der Waals surface area (Å²) >= 11 is 0. The molecule has 2 amide bonds. The van der Waals surface area contributed by atoms with Crippen LogP contribution in [0.4, 0.5) is 5.69 Å². The molecule has 0 bridgehead atoms. The van der Waals surface area contributed by atoms with Crippen LogP contribution >= 0.6 is 0 Å². The van der Waals surface area contributed by atoms with Gasteiger partial charge in [-0.1, -0.05) is 0 Å². The van der Waals surface area contributed by atoms with Crippen molar-refractivity contribution in [3.63, 3.8) is 0 Å². The molecule has 0 spiro atoms. The molecule has 146 valence electrons. The van der Waals surface area contributed by atoms with Crippen LogP contribution in [-0.4, -0.2) is 60.2 Å². The molecule has 2 heterocycles. The van der Waals surface area contributed by atoms with Gasteiger partial charge in [0.2, 0.25) is 11.8 Å². The zero-order chi connectivity index (χ0) is 19.2. The van der Waals surface area contributed by atoms with E-state index in [4.69, 9.17) is 4.74 Å². The van der Waals surface area contributed by atoms with Gasteiger partial charge in [-0.3, -0.25) is 9.59 Å². The Labute approximate surface area is 159 Å². The van der Waals surface area contributed by atoms with Crippen LogP contribution in [0, 0.1) is 0 Å². The van der Waals surface area contributed by atoms with Crippen LogP contribution in [0.3, 0.4) is 0 Å². The van der Waals surface area contributed by atoms with Gasteiger partial charge in [-0.2, -0.15) is 0 Å². The number of likely N-dealkylation sites (N-methyl/N-ethyl adjacent to an activating group) is 1. The van der Waals surface area contributed by atoms with Crippen LogP contribution < -0.4 is 10.6 Å². The molecule has 1 aliphatic rings. The maximum atomic E-state index is 12.3. The summed E-state index contributed by atoms with van der Waals surface area (Å²) in [6, 6.07) is 7.80. The molecule has 0 radical (unpaired) electrons. The smallest absolute Gasteiger partial charge is 0.242 e. The molecule has 27 heavy (non-hydrogen) atoms. The minimum atomic E-state index is -0.0338. The van der Waals surface area contributed by atoms with E-state index >= 15 is 0 Å². The third-order valence-electron chi connectivity index (χ3n) is 4.91. The Morgan fingerprint density at radius 3 is 2.81 bits per heavy atom. The summed E-state index contributed by atoms with van der Waals surface area (Å²) in [6.07, 6.45) is 2.30. The summed E-state index contributed by atoms with van der Waals surface area (Å²) in [5.74, 6) is 0.0746. The zero-order valence-corrected chi connectivity index (χ0v) is 16.0. The van der Waals surface area contributed by atoms with E-state index in [1.54, 1.807) is 0 Å². The fourth-order valence-electron chi connectivity index (χ4n) is 3.42. The Hall–Kier alpha value is -2.38. The van der Waals surface area contributed by atoms with E-state index < -0.39 is 0 Å². The Kier molecular flexibility index (Phi) is 6.47. The number of carbonyl (C=O) groups excluding carboxylic acids is 2. The van der Waals surface area contributed by atoms with E-state index in [1.165, 1.54) is 0 Å². The van der Waals surface area contributed by atoms with E-state index in [9.17, 15) is 9.59 Å². The van der Waals surface area contributed by atoms with Crippen molar-refractivity contribution in [2.75, 3.05) is 38.2 Å². The average Bonchev–Trinajstić information content (AvgIpc) is 3.05. The number of carbonyl (C=O) groups is 2. The molecule has 1 aliphatic heterocycles. The van der Waals surface area contributed by atoms with Crippen LogP contribution in [-0.2, 0) is 20.9 Å². The first-order valence-corrected chi connectivity index (χ1v) is 9.58. The van der Waals surface area contributed by atoms with Gasteiger partial charge in [-0.05, 0) is 38.1 Å². The summed E-state index contributed by atoms with van der Waals surface area (Å²) < 4.78 is 7.33. The van der Waals surface area contributed by atoms with E-state index in [0.29, 0.717) is 39.3 Å². The first-order chi connectivity index (χ1) is 13.1.